The highest BCUT2D eigenvalue weighted by Crippen LogP contribution is 2.64. The van der Waals surface area contributed by atoms with Gasteiger partial charge < -0.3 is 19.1 Å². The molecule has 1 saturated heterocycles. The van der Waals surface area contributed by atoms with Crippen LogP contribution in [0.15, 0.2) is 84.9 Å². The second-order valence-corrected chi connectivity index (χ2v) is 19.1. The van der Waals surface area contributed by atoms with E-state index < -0.39 is 5.60 Å². The Morgan fingerprint density at radius 1 is 0.576 bits per heavy atom. The van der Waals surface area contributed by atoms with E-state index in [-0.39, 0.29) is 0 Å². The number of hydrogen-bond donors (Lipinski definition) is 0. The number of nitrogens with zero attached hydrogens (tertiary/aromatic N) is 1. The number of ether oxygens (including phenoxy) is 3. The van der Waals surface area contributed by atoms with Crippen LogP contribution in [0.4, 0.5) is 5.69 Å². The van der Waals surface area contributed by atoms with Crippen LogP contribution in [0.5, 0.6) is 17.2 Å². The summed E-state index contributed by atoms with van der Waals surface area (Å²) >= 11 is 0. The van der Waals surface area contributed by atoms with Crippen molar-refractivity contribution in [3.05, 3.63) is 124 Å². The molecule has 0 N–H and O–H groups in total. The zero-order valence-electron chi connectivity index (χ0n) is 34.8. The van der Waals surface area contributed by atoms with Crippen LogP contribution in [-0.2, 0) is 10.3 Å². The Bertz CT molecular complexity index is 2350. The fourth-order valence-corrected chi connectivity index (χ4v) is 12.9. The van der Waals surface area contributed by atoms with Gasteiger partial charge in [0.05, 0.1) is 13.2 Å². The predicted molar refractivity (Wildman–Crippen MR) is 241 cm³/mol. The molecule has 0 bridgehead atoms. The Kier molecular flexibility index (Phi) is 9.16. The van der Waals surface area contributed by atoms with Gasteiger partial charge in [-0.05, 0) is 103 Å². The molecule has 2 unspecified atom stereocenters. The van der Waals surface area contributed by atoms with E-state index in [1.807, 2.05) is 0 Å². The number of benzene rings is 5. The molecule has 12 rings (SSSR count). The van der Waals surface area contributed by atoms with E-state index in [0.29, 0.717) is 23.7 Å². The monoisotopic (exact) mass is 781 g/mol. The molecule has 0 spiro atoms. The normalized spacial score (nSPS) is 23.7. The highest BCUT2D eigenvalue weighted by Gasteiger charge is 2.45. The third-order valence-electron chi connectivity index (χ3n) is 15.9. The van der Waals surface area contributed by atoms with Crippen molar-refractivity contribution >= 4 is 22.5 Å². The Labute approximate surface area is 351 Å². The van der Waals surface area contributed by atoms with Gasteiger partial charge in [0.15, 0.2) is 5.60 Å². The van der Waals surface area contributed by atoms with Crippen LogP contribution < -0.4 is 14.4 Å². The largest absolute Gasteiger partial charge is 0.472 e. The lowest BCUT2D eigenvalue weighted by Crippen LogP contribution is -2.36. The van der Waals surface area contributed by atoms with E-state index in [1.165, 1.54) is 169 Å². The molecular formula is C55H59NO3. The van der Waals surface area contributed by atoms with E-state index >= 15 is 0 Å². The maximum absolute atomic E-state index is 8.00. The Morgan fingerprint density at radius 2 is 1.19 bits per heavy atom. The molecule has 4 nitrogen and oxygen atoms in total. The summed E-state index contributed by atoms with van der Waals surface area (Å²) in [6.07, 6.45) is 25.9. The highest BCUT2D eigenvalue weighted by molar-refractivity contribution is 6.13. The molecular weight excluding hydrogens is 723 g/mol. The first-order chi connectivity index (χ1) is 29.2. The minimum absolute atomic E-state index is 0.446. The molecule has 5 aromatic rings. The van der Waals surface area contributed by atoms with Crippen molar-refractivity contribution in [2.75, 3.05) is 31.2 Å². The van der Waals surface area contributed by atoms with Crippen LogP contribution in [-0.4, -0.2) is 26.3 Å². The lowest BCUT2D eigenvalue weighted by molar-refractivity contribution is 0.122. The summed E-state index contributed by atoms with van der Waals surface area (Å²) in [5.74, 6) is 5.26. The van der Waals surface area contributed by atoms with E-state index in [9.17, 15) is 0 Å². The third-order valence-corrected chi connectivity index (χ3v) is 15.9. The van der Waals surface area contributed by atoms with Crippen molar-refractivity contribution in [1.82, 2.24) is 0 Å². The smallest absolute Gasteiger partial charge is 0.178 e. The fraction of sp³-hybridized carbons (Fsp3) is 0.455. The van der Waals surface area contributed by atoms with E-state index in [1.54, 1.807) is 0 Å². The highest BCUT2D eigenvalue weighted by atomic mass is 16.5. The van der Waals surface area contributed by atoms with E-state index in [2.05, 4.69) is 95.9 Å². The van der Waals surface area contributed by atoms with Crippen molar-refractivity contribution in [3.63, 3.8) is 0 Å². The van der Waals surface area contributed by atoms with Gasteiger partial charge in [0, 0.05) is 63.4 Å². The molecule has 3 aliphatic heterocycles. The summed E-state index contributed by atoms with van der Waals surface area (Å²) in [4.78, 5) is 2.48. The fourth-order valence-electron chi connectivity index (χ4n) is 12.9. The maximum Gasteiger partial charge on any atom is 0.178 e. The standard InChI is InChI=1S/C55H59NO3/c1-2-10-17-44-43(16-9-1)45-18-11-19-48-51(45)53-50(44)46-28-29-55(40-24-20-38(21-25-40)36-12-5-3-6-13-36,41-26-22-39(23-27-41)37-14-7-4-8-15-37)59-54(46)47-34-42(35-49(58-48)52(47)53)56-30-32-57-33-31-56/h11,18-29,34-37,43-44H,1-10,12-17,30-33H2. The third kappa shape index (κ3) is 6.01. The topological polar surface area (TPSA) is 30.9 Å². The number of anilines is 1. The zero-order chi connectivity index (χ0) is 38.9. The molecule has 4 fully saturated rings. The summed E-state index contributed by atoms with van der Waals surface area (Å²) in [5, 5.41) is 2.41. The minimum Gasteiger partial charge on any atom is -0.472 e. The van der Waals surface area contributed by atoms with Crippen molar-refractivity contribution < 1.29 is 14.2 Å². The van der Waals surface area contributed by atoms with Crippen LogP contribution in [0, 0.1) is 0 Å². The molecule has 5 aromatic carbocycles. The van der Waals surface area contributed by atoms with Crippen LogP contribution >= 0.6 is 0 Å². The first kappa shape index (κ1) is 36.3. The number of morpholine rings is 1. The molecule has 7 aliphatic rings. The van der Waals surface area contributed by atoms with Gasteiger partial charge in [-0.1, -0.05) is 131 Å². The van der Waals surface area contributed by atoms with Crippen molar-refractivity contribution in [1.29, 1.82) is 0 Å². The SMILES string of the molecule is C1=CC(c2ccc(C3CCCCC3)cc2)(c2ccc(C3CCCCC3)cc2)Oc2c1c1c3c4c(cc(N5CCOCC5)cc24)Oc2cccc(c2-3)C2CCCCCCC12. The molecule has 4 aliphatic carbocycles. The molecule has 0 aromatic heterocycles. The quantitative estimate of drug-likeness (QED) is 0.174. The van der Waals surface area contributed by atoms with Crippen LogP contribution in [0.2, 0.25) is 0 Å². The minimum atomic E-state index is -0.775. The maximum atomic E-state index is 8.00. The summed E-state index contributed by atoms with van der Waals surface area (Å²) < 4.78 is 21.0. The van der Waals surface area contributed by atoms with Gasteiger partial charge >= 0.3 is 0 Å². The summed E-state index contributed by atoms with van der Waals surface area (Å²) in [5.41, 5.74) is 12.9. The molecule has 0 radical (unpaired) electrons. The van der Waals surface area contributed by atoms with Crippen molar-refractivity contribution in [2.45, 2.75) is 132 Å². The van der Waals surface area contributed by atoms with E-state index in [4.69, 9.17) is 14.2 Å². The Morgan fingerprint density at radius 3 is 1.85 bits per heavy atom. The second-order valence-electron chi connectivity index (χ2n) is 19.1. The molecule has 59 heavy (non-hydrogen) atoms. The Hall–Kier alpha value is -4.54. The van der Waals surface area contributed by atoms with Crippen molar-refractivity contribution in [3.8, 4) is 28.4 Å². The first-order valence-electron chi connectivity index (χ1n) is 23.6. The van der Waals surface area contributed by atoms with Crippen LogP contribution in [0.25, 0.3) is 28.0 Å². The molecule has 2 atom stereocenters. The van der Waals surface area contributed by atoms with Gasteiger partial charge in [0.2, 0.25) is 0 Å². The van der Waals surface area contributed by atoms with Gasteiger partial charge in [-0.3, -0.25) is 0 Å². The van der Waals surface area contributed by atoms with Crippen molar-refractivity contribution in [2.24, 2.45) is 0 Å². The van der Waals surface area contributed by atoms with Gasteiger partial charge in [-0.25, -0.2) is 0 Å². The molecule has 3 heterocycles. The summed E-state index contributed by atoms with van der Waals surface area (Å²) in [7, 11) is 0. The van der Waals surface area contributed by atoms with Crippen LogP contribution in [0.1, 0.15) is 165 Å². The van der Waals surface area contributed by atoms with Gasteiger partial charge in [-0.2, -0.15) is 0 Å². The summed E-state index contributed by atoms with van der Waals surface area (Å²) in [6.45, 7) is 3.21. The first-order valence-corrected chi connectivity index (χ1v) is 23.6. The summed E-state index contributed by atoms with van der Waals surface area (Å²) in [6, 6.07) is 31.0. The lowest BCUT2D eigenvalue weighted by atomic mass is 9.64. The molecule has 0 amide bonds. The predicted octanol–water partition coefficient (Wildman–Crippen LogP) is 14.4. The molecule has 302 valence electrons. The van der Waals surface area contributed by atoms with Gasteiger partial charge in [0.25, 0.3) is 0 Å². The number of hydrogen-bond acceptors (Lipinski definition) is 4. The van der Waals surface area contributed by atoms with Gasteiger partial charge in [0.1, 0.15) is 17.2 Å². The van der Waals surface area contributed by atoms with Gasteiger partial charge in [-0.15, -0.1) is 0 Å². The zero-order valence-corrected chi connectivity index (χ0v) is 34.8. The second kappa shape index (κ2) is 14.9. The lowest BCUT2D eigenvalue weighted by Gasteiger charge is -2.44. The van der Waals surface area contributed by atoms with Crippen LogP contribution in [0.3, 0.4) is 0 Å². The molecule has 3 saturated carbocycles. The average molecular weight is 782 g/mol. The number of fused-ring (bicyclic) bond motifs is 6. The Balaban J connectivity index is 1.09. The van der Waals surface area contributed by atoms with E-state index in [0.717, 1.165) is 43.6 Å². The average Bonchev–Trinajstić information content (AvgIpc) is 3.30. The number of rotatable bonds is 5. The molecule has 4 heteroatoms.